The molecule has 1 amide bonds. The van der Waals surface area contributed by atoms with E-state index in [2.05, 4.69) is 17.9 Å². The molecule has 0 saturated heterocycles. The van der Waals surface area contributed by atoms with Crippen LogP contribution in [0.15, 0.2) is 30.3 Å². The predicted molar refractivity (Wildman–Crippen MR) is 72.5 cm³/mol. The minimum Gasteiger partial charge on any atom is -0.445 e. The van der Waals surface area contributed by atoms with E-state index >= 15 is 0 Å². The molecule has 5 heteroatoms. The summed E-state index contributed by atoms with van der Waals surface area (Å²) in [7, 11) is 0. The number of thiol groups is 1. The molecule has 0 radical (unpaired) electrons. The molecule has 0 heterocycles. The highest BCUT2D eigenvalue weighted by Crippen LogP contribution is 2.01. The van der Waals surface area contributed by atoms with E-state index in [0.717, 1.165) is 18.4 Å². The Hall–Kier alpha value is -1.49. The second-order valence-electron chi connectivity index (χ2n) is 3.84. The highest BCUT2D eigenvalue weighted by Gasteiger charge is 2.01. The van der Waals surface area contributed by atoms with Crippen LogP contribution in [0.5, 0.6) is 0 Å². The Labute approximate surface area is 112 Å². The summed E-state index contributed by atoms with van der Waals surface area (Å²) in [6.07, 6.45) is 1.47. The lowest BCUT2D eigenvalue weighted by molar-refractivity contribution is -0.110. The van der Waals surface area contributed by atoms with Crippen LogP contribution >= 0.6 is 12.6 Å². The highest BCUT2D eigenvalue weighted by molar-refractivity contribution is 7.96. The summed E-state index contributed by atoms with van der Waals surface area (Å²) in [5.74, 6) is 0. The summed E-state index contributed by atoms with van der Waals surface area (Å²) in [6, 6.07) is 9.49. The molecule has 4 nitrogen and oxygen atoms in total. The lowest BCUT2D eigenvalue weighted by Crippen LogP contribution is -2.25. The molecule has 0 aliphatic heterocycles. The fourth-order valence-corrected chi connectivity index (χ4v) is 1.52. The molecule has 18 heavy (non-hydrogen) atoms. The van der Waals surface area contributed by atoms with Crippen molar-refractivity contribution in [1.82, 2.24) is 5.32 Å². The van der Waals surface area contributed by atoms with Crippen molar-refractivity contribution in [3.05, 3.63) is 35.9 Å². The molecule has 0 aliphatic rings. The number of unbranched alkanes of at least 4 members (excludes halogenated alkanes) is 1. The van der Waals surface area contributed by atoms with Gasteiger partial charge < -0.3 is 10.1 Å². The molecular formula is C13H17NO3S. The van der Waals surface area contributed by atoms with Crippen LogP contribution in [0.25, 0.3) is 0 Å². The van der Waals surface area contributed by atoms with E-state index < -0.39 is 6.09 Å². The zero-order valence-electron chi connectivity index (χ0n) is 10.1. The van der Waals surface area contributed by atoms with Crippen LogP contribution in [-0.4, -0.2) is 17.8 Å². The zero-order valence-corrected chi connectivity index (χ0v) is 11.0. The molecule has 0 unspecified atom stereocenters. The number of hydrogen-bond acceptors (Lipinski definition) is 3. The van der Waals surface area contributed by atoms with Gasteiger partial charge in [-0.3, -0.25) is 4.79 Å². The first-order chi connectivity index (χ1) is 8.68. The summed E-state index contributed by atoms with van der Waals surface area (Å²) in [5.41, 5.74) is 0.952. The van der Waals surface area contributed by atoms with Gasteiger partial charge in [-0.15, -0.1) is 12.6 Å². The number of alkyl carbamates (subject to hydrolysis) is 1. The minimum absolute atomic E-state index is 0.123. The normalized spacial score (nSPS) is 9.83. The number of benzene rings is 1. The van der Waals surface area contributed by atoms with Gasteiger partial charge in [0.25, 0.3) is 0 Å². The number of carbonyl (C=O) groups is 2. The third-order valence-corrected chi connectivity index (χ3v) is 2.52. The molecule has 0 aromatic heterocycles. The molecule has 0 spiro atoms. The molecule has 1 N–H and O–H groups in total. The fourth-order valence-electron chi connectivity index (χ4n) is 1.37. The summed E-state index contributed by atoms with van der Waals surface area (Å²) in [5, 5.41) is 2.51. The van der Waals surface area contributed by atoms with Gasteiger partial charge in [-0.25, -0.2) is 4.79 Å². The summed E-state index contributed by atoms with van der Waals surface area (Å²) >= 11 is 3.66. The molecule has 0 bridgehead atoms. The van der Waals surface area contributed by atoms with Crippen LogP contribution < -0.4 is 5.32 Å². The largest absolute Gasteiger partial charge is 0.445 e. The molecule has 0 saturated carbocycles. The van der Waals surface area contributed by atoms with E-state index in [0.29, 0.717) is 13.0 Å². The van der Waals surface area contributed by atoms with E-state index in [1.54, 1.807) is 0 Å². The van der Waals surface area contributed by atoms with Crippen molar-refractivity contribution in [3.63, 3.8) is 0 Å². The smallest absolute Gasteiger partial charge is 0.407 e. The van der Waals surface area contributed by atoms with Crippen molar-refractivity contribution < 1.29 is 14.3 Å². The maximum absolute atomic E-state index is 11.3. The second kappa shape index (κ2) is 8.58. The van der Waals surface area contributed by atoms with Crippen molar-refractivity contribution in [3.8, 4) is 0 Å². The van der Waals surface area contributed by atoms with Crippen molar-refractivity contribution in [2.75, 3.05) is 6.54 Å². The van der Waals surface area contributed by atoms with E-state index in [1.807, 2.05) is 30.3 Å². The number of amides is 1. The SMILES string of the molecule is O=C(S)CCCCNC(=O)OCc1ccccc1. The Morgan fingerprint density at radius 2 is 1.89 bits per heavy atom. The van der Waals surface area contributed by atoms with Gasteiger partial charge in [-0.2, -0.15) is 0 Å². The van der Waals surface area contributed by atoms with Gasteiger partial charge >= 0.3 is 6.09 Å². The Bertz CT molecular complexity index is 381. The lowest BCUT2D eigenvalue weighted by atomic mass is 10.2. The first kappa shape index (κ1) is 14.6. The number of hydrogen-bond donors (Lipinski definition) is 2. The Morgan fingerprint density at radius 1 is 1.17 bits per heavy atom. The molecule has 1 aromatic rings. The van der Waals surface area contributed by atoms with Crippen molar-refractivity contribution in [1.29, 1.82) is 0 Å². The second-order valence-corrected chi connectivity index (χ2v) is 4.34. The summed E-state index contributed by atoms with van der Waals surface area (Å²) < 4.78 is 5.02. The van der Waals surface area contributed by atoms with Crippen molar-refractivity contribution >= 4 is 23.8 Å². The third-order valence-electron chi connectivity index (χ3n) is 2.30. The van der Waals surface area contributed by atoms with Crippen molar-refractivity contribution in [2.24, 2.45) is 0 Å². The standard InChI is InChI=1S/C13H17NO3S/c15-12(18)8-4-5-9-14-13(16)17-10-11-6-2-1-3-7-11/h1-3,6-7H,4-5,8-10H2,(H,14,16)(H,15,18). The van der Waals surface area contributed by atoms with Crippen LogP contribution in [-0.2, 0) is 16.1 Å². The Kier molecular flexibility index (Phi) is 6.94. The molecule has 1 aromatic carbocycles. The highest BCUT2D eigenvalue weighted by atomic mass is 32.1. The quantitative estimate of drug-likeness (QED) is 0.589. The molecule has 1 rings (SSSR count). The van der Waals surface area contributed by atoms with Gasteiger partial charge in [-0.1, -0.05) is 30.3 Å². The van der Waals surface area contributed by atoms with E-state index in [9.17, 15) is 9.59 Å². The summed E-state index contributed by atoms with van der Waals surface area (Å²) in [6.45, 7) is 0.774. The maximum Gasteiger partial charge on any atom is 0.407 e. The van der Waals surface area contributed by atoms with Gasteiger partial charge in [0.15, 0.2) is 5.12 Å². The average molecular weight is 267 g/mol. The Balaban J connectivity index is 2.06. The minimum atomic E-state index is -0.434. The summed E-state index contributed by atoms with van der Waals surface area (Å²) in [4.78, 5) is 21.9. The first-order valence-electron chi connectivity index (χ1n) is 5.85. The lowest BCUT2D eigenvalue weighted by Gasteiger charge is -2.06. The van der Waals surface area contributed by atoms with Gasteiger partial charge in [0.05, 0.1) is 0 Å². The molecular weight excluding hydrogens is 250 g/mol. The molecule has 0 aliphatic carbocycles. The van der Waals surface area contributed by atoms with Gasteiger partial charge in [0, 0.05) is 13.0 Å². The van der Waals surface area contributed by atoms with E-state index in [4.69, 9.17) is 4.74 Å². The number of carbonyl (C=O) groups excluding carboxylic acids is 2. The number of rotatable bonds is 7. The van der Waals surface area contributed by atoms with Crippen molar-refractivity contribution in [2.45, 2.75) is 25.9 Å². The molecule has 0 fully saturated rings. The van der Waals surface area contributed by atoms with E-state index in [1.165, 1.54) is 0 Å². The fraction of sp³-hybridized carbons (Fsp3) is 0.385. The van der Waals surface area contributed by atoms with E-state index in [-0.39, 0.29) is 11.7 Å². The zero-order chi connectivity index (χ0) is 13.2. The molecule has 0 atom stereocenters. The predicted octanol–water partition coefficient (Wildman–Crippen LogP) is 2.54. The average Bonchev–Trinajstić information content (AvgIpc) is 2.37. The topological polar surface area (TPSA) is 55.4 Å². The van der Waals surface area contributed by atoms with Gasteiger partial charge in [-0.05, 0) is 18.4 Å². The first-order valence-corrected chi connectivity index (χ1v) is 6.29. The monoisotopic (exact) mass is 267 g/mol. The van der Waals surface area contributed by atoms with Gasteiger partial charge in [0.1, 0.15) is 6.61 Å². The number of nitrogens with one attached hydrogen (secondary N) is 1. The molecule has 98 valence electrons. The van der Waals surface area contributed by atoms with Crippen LogP contribution in [0.1, 0.15) is 24.8 Å². The third kappa shape index (κ3) is 6.96. The Morgan fingerprint density at radius 3 is 2.56 bits per heavy atom. The van der Waals surface area contributed by atoms with Crippen LogP contribution in [0.3, 0.4) is 0 Å². The maximum atomic E-state index is 11.3. The number of ether oxygens (including phenoxy) is 1. The van der Waals surface area contributed by atoms with Crippen LogP contribution in [0, 0.1) is 0 Å². The van der Waals surface area contributed by atoms with Crippen LogP contribution in [0.4, 0.5) is 4.79 Å². The van der Waals surface area contributed by atoms with Gasteiger partial charge in [0.2, 0.25) is 0 Å². The van der Waals surface area contributed by atoms with Crippen LogP contribution in [0.2, 0.25) is 0 Å².